The summed E-state index contributed by atoms with van der Waals surface area (Å²) in [6.45, 7) is -0.252. The fourth-order valence-corrected chi connectivity index (χ4v) is 3.55. The maximum Gasteiger partial charge on any atom is 0.573 e. The molecule has 2 N–H and O–H groups in total. The third-order valence-electron chi connectivity index (χ3n) is 5.38. The lowest BCUT2D eigenvalue weighted by atomic mass is 10.1. The zero-order valence-electron chi connectivity index (χ0n) is 21.1. The number of pyridine rings is 1. The van der Waals surface area contributed by atoms with Gasteiger partial charge in [-0.1, -0.05) is 22.6 Å². The molecular weight excluding hydrogens is 557 g/mol. The average molecular weight is 579 g/mol. The highest BCUT2D eigenvalue weighted by atomic mass is 19.4. The van der Waals surface area contributed by atoms with Gasteiger partial charge in [0, 0.05) is 19.2 Å². The average Bonchev–Trinajstić information content (AvgIpc) is 3.55. The van der Waals surface area contributed by atoms with Gasteiger partial charge in [-0.15, -0.1) is 23.4 Å². The van der Waals surface area contributed by atoms with Gasteiger partial charge in [0.25, 0.3) is 5.91 Å². The Labute approximate surface area is 228 Å². The highest BCUT2D eigenvalue weighted by molar-refractivity contribution is 5.92. The van der Waals surface area contributed by atoms with Crippen LogP contribution in [0.4, 0.5) is 27.8 Å². The molecule has 0 radical (unpaired) electrons. The Morgan fingerprint density at radius 2 is 1.85 bits per heavy atom. The molecule has 1 atom stereocenters. The number of benzene rings is 1. The van der Waals surface area contributed by atoms with Crippen molar-refractivity contribution in [2.45, 2.75) is 45.0 Å². The second-order valence-corrected chi connectivity index (χ2v) is 8.61. The van der Waals surface area contributed by atoms with E-state index < -0.39 is 35.9 Å². The number of aromatic nitrogens is 7. The van der Waals surface area contributed by atoms with Crippen molar-refractivity contribution in [3.8, 4) is 5.75 Å². The predicted octanol–water partition coefficient (Wildman–Crippen LogP) is 2.84. The van der Waals surface area contributed by atoms with E-state index in [1.807, 2.05) is 0 Å². The number of rotatable bonds is 12. The molecule has 0 saturated heterocycles. The minimum Gasteiger partial charge on any atom is -0.406 e. The minimum atomic E-state index is -4.86. The molecule has 3 heterocycles. The van der Waals surface area contributed by atoms with Crippen molar-refractivity contribution in [1.29, 1.82) is 0 Å². The lowest BCUT2D eigenvalue weighted by Crippen LogP contribution is -2.24. The number of alkyl halides is 4. The summed E-state index contributed by atoms with van der Waals surface area (Å²) in [5.41, 5.74) is 0.304. The molecule has 17 heteroatoms. The van der Waals surface area contributed by atoms with Crippen LogP contribution in [0.3, 0.4) is 0 Å². The third-order valence-corrected chi connectivity index (χ3v) is 5.38. The molecule has 4 aromatic rings. The van der Waals surface area contributed by atoms with E-state index in [9.17, 15) is 31.5 Å². The van der Waals surface area contributed by atoms with Crippen LogP contribution in [0.2, 0.25) is 0 Å². The number of aryl methyl sites for hydroxylation is 1. The Morgan fingerprint density at radius 3 is 2.63 bits per heavy atom. The zero-order valence-corrected chi connectivity index (χ0v) is 21.1. The van der Waals surface area contributed by atoms with Crippen LogP contribution in [-0.4, -0.2) is 59.3 Å². The molecule has 12 nitrogen and oxygen atoms in total. The van der Waals surface area contributed by atoms with Crippen LogP contribution in [0.25, 0.3) is 0 Å². The lowest BCUT2D eigenvalue weighted by Gasteiger charge is -2.09. The number of carbonyl (C=O) groups excluding carboxylic acids is 2. The van der Waals surface area contributed by atoms with Crippen LogP contribution < -0.4 is 15.4 Å². The topological polar surface area (TPSA) is 142 Å². The number of nitrogens with one attached hydrogen (secondary N) is 2. The van der Waals surface area contributed by atoms with Gasteiger partial charge < -0.3 is 15.4 Å². The van der Waals surface area contributed by atoms with Gasteiger partial charge in [-0.25, -0.2) is 13.5 Å². The Hall–Kier alpha value is -4.96. The molecule has 0 fully saturated rings. The van der Waals surface area contributed by atoms with E-state index in [1.165, 1.54) is 52.2 Å². The molecule has 0 saturated carbocycles. The molecule has 4 rings (SSSR count). The molecule has 0 aliphatic heterocycles. The lowest BCUT2D eigenvalue weighted by molar-refractivity contribution is -0.274. The molecule has 0 aliphatic rings. The molecule has 41 heavy (non-hydrogen) atoms. The van der Waals surface area contributed by atoms with Gasteiger partial charge in [0.2, 0.25) is 5.91 Å². The van der Waals surface area contributed by atoms with Crippen molar-refractivity contribution in [2.75, 3.05) is 5.32 Å². The number of nitrogens with zero attached hydrogens (tertiary/aromatic N) is 7. The van der Waals surface area contributed by atoms with Crippen LogP contribution in [0.15, 0.2) is 55.0 Å². The number of hydrogen-bond donors (Lipinski definition) is 2. The number of amides is 2. The Kier molecular flexibility index (Phi) is 9.15. The molecule has 0 spiro atoms. The smallest absolute Gasteiger partial charge is 0.406 e. The summed E-state index contributed by atoms with van der Waals surface area (Å²) in [5, 5.41) is 19.9. The van der Waals surface area contributed by atoms with Crippen LogP contribution in [0.1, 0.15) is 28.2 Å². The fraction of sp³-hybridized carbons (Fsp3) is 0.292. The maximum atomic E-state index is 14.5. The van der Waals surface area contributed by atoms with E-state index in [2.05, 4.69) is 41.0 Å². The predicted molar refractivity (Wildman–Crippen MR) is 130 cm³/mol. The summed E-state index contributed by atoms with van der Waals surface area (Å²) >= 11 is 0. The van der Waals surface area contributed by atoms with Crippen LogP contribution >= 0.6 is 0 Å². The normalized spacial score (nSPS) is 12.1. The maximum absolute atomic E-state index is 14.5. The second-order valence-electron chi connectivity index (χ2n) is 8.61. The van der Waals surface area contributed by atoms with Gasteiger partial charge in [0.15, 0.2) is 11.5 Å². The molecule has 1 unspecified atom stereocenters. The molecule has 216 valence electrons. The van der Waals surface area contributed by atoms with E-state index in [0.717, 1.165) is 12.1 Å². The molecule has 0 bridgehead atoms. The van der Waals surface area contributed by atoms with Crippen molar-refractivity contribution in [2.24, 2.45) is 0 Å². The first-order valence-corrected chi connectivity index (χ1v) is 12.0. The van der Waals surface area contributed by atoms with Crippen molar-refractivity contribution < 1.29 is 36.3 Å². The van der Waals surface area contributed by atoms with Crippen molar-refractivity contribution in [3.05, 3.63) is 77.8 Å². The first-order valence-electron chi connectivity index (χ1n) is 12.0. The number of anilines is 1. The largest absolute Gasteiger partial charge is 0.573 e. The first-order chi connectivity index (χ1) is 19.5. The van der Waals surface area contributed by atoms with Crippen LogP contribution in [-0.2, 0) is 30.8 Å². The number of carbonyl (C=O) groups is 2. The molecule has 0 aliphatic carbocycles. The van der Waals surface area contributed by atoms with Gasteiger partial charge >= 0.3 is 6.36 Å². The number of ether oxygens (including phenoxy) is 1. The summed E-state index contributed by atoms with van der Waals surface area (Å²) in [6, 6.07) is 7.63. The van der Waals surface area contributed by atoms with Crippen LogP contribution in [0, 0.1) is 5.82 Å². The summed E-state index contributed by atoms with van der Waals surface area (Å²) in [4.78, 5) is 28.3. The number of halogens is 5. The summed E-state index contributed by atoms with van der Waals surface area (Å²) in [6.07, 6.45) is -2.50. The molecular formula is C24H22F5N9O3. The molecule has 2 amide bonds. The van der Waals surface area contributed by atoms with Crippen molar-refractivity contribution >= 4 is 17.6 Å². The van der Waals surface area contributed by atoms with Gasteiger partial charge in [0.05, 0.1) is 37.6 Å². The van der Waals surface area contributed by atoms with E-state index in [4.69, 9.17) is 0 Å². The highest BCUT2D eigenvalue weighted by Gasteiger charge is 2.31. The quantitative estimate of drug-likeness (QED) is 0.244. The molecule has 1 aromatic carbocycles. The van der Waals surface area contributed by atoms with Gasteiger partial charge in [-0.2, -0.15) is 0 Å². The van der Waals surface area contributed by atoms with E-state index in [-0.39, 0.29) is 55.2 Å². The van der Waals surface area contributed by atoms with Crippen LogP contribution in [0.5, 0.6) is 5.75 Å². The van der Waals surface area contributed by atoms with Crippen molar-refractivity contribution in [3.63, 3.8) is 0 Å². The summed E-state index contributed by atoms with van der Waals surface area (Å²) in [5.74, 6) is -2.16. The highest BCUT2D eigenvalue weighted by Crippen LogP contribution is 2.23. The summed E-state index contributed by atoms with van der Waals surface area (Å²) < 4.78 is 71.6. The second kappa shape index (κ2) is 12.9. The summed E-state index contributed by atoms with van der Waals surface area (Å²) in [7, 11) is 0. The number of hydrogen-bond acceptors (Lipinski definition) is 8. The van der Waals surface area contributed by atoms with Gasteiger partial charge in [0.1, 0.15) is 17.7 Å². The zero-order chi connectivity index (χ0) is 29.4. The van der Waals surface area contributed by atoms with Gasteiger partial charge in [-0.05, 0) is 29.8 Å². The minimum absolute atomic E-state index is 0.0124. The van der Waals surface area contributed by atoms with E-state index >= 15 is 0 Å². The Balaban J connectivity index is 1.20. The first kappa shape index (κ1) is 29.0. The SMILES string of the molecule is O=C(Cc1cccc(OC(F)(F)F)c1)Nc1cn(CC(F)CCn2cc(C(=O)NCc3ncccc3F)nn2)nn1. The standard InChI is InChI=1S/C24H22F5N9O3/c25-16(6-8-37-13-20(33-35-37)23(40)31-11-19-18(26)5-2-7-30-19)12-38-14-21(34-36-38)32-22(39)10-15-3-1-4-17(9-15)41-24(27,28)29/h1-5,7,9,13-14,16H,6,8,10-12H2,(H,31,40)(H,32,39). The van der Waals surface area contributed by atoms with E-state index in [1.54, 1.807) is 0 Å². The Morgan fingerprint density at radius 1 is 1.05 bits per heavy atom. The van der Waals surface area contributed by atoms with Gasteiger partial charge in [-0.3, -0.25) is 19.3 Å². The van der Waals surface area contributed by atoms with E-state index in [0.29, 0.717) is 0 Å². The van der Waals surface area contributed by atoms with Crippen molar-refractivity contribution in [1.82, 2.24) is 40.3 Å². The third kappa shape index (κ3) is 9.04. The monoisotopic (exact) mass is 579 g/mol. The Bertz CT molecular complexity index is 1490. The fourth-order valence-electron chi connectivity index (χ4n) is 3.55. The molecule has 3 aromatic heterocycles.